The Bertz CT molecular complexity index is 872. The summed E-state index contributed by atoms with van der Waals surface area (Å²) in [4.78, 5) is 16.9. The van der Waals surface area contributed by atoms with Crippen LogP contribution >= 0.6 is 11.3 Å². The van der Waals surface area contributed by atoms with E-state index in [2.05, 4.69) is 20.5 Å². The number of carbonyl (C=O) groups excluding carboxylic acids is 1. The highest BCUT2D eigenvalue weighted by Crippen LogP contribution is 2.23. The third-order valence-corrected chi connectivity index (χ3v) is 4.82. The Morgan fingerprint density at radius 1 is 1.22 bits per heavy atom. The maximum Gasteiger partial charge on any atom is 0.230 e. The molecule has 118 valence electrons. The van der Waals surface area contributed by atoms with Crippen molar-refractivity contribution in [2.75, 3.05) is 5.32 Å². The number of carbonyl (C=O) groups is 1. The average Bonchev–Trinajstić information content (AvgIpc) is 2.99. The van der Waals surface area contributed by atoms with Crippen LogP contribution in [0.1, 0.15) is 28.8 Å². The topological polar surface area (TPSA) is 67.8 Å². The minimum absolute atomic E-state index is 0.0907. The maximum atomic E-state index is 12.3. The summed E-state index contributed by atoms with van der Waals surface area (Å²) in [5.41, 5.74) is 3.93. The fourth-order valence-electron chi connectivity index (χ4n) is 2.60. The van der Waals surface area contributed by atoms with E-state index in [4.69, 9.17) is 0 Å². The van der Waals surface area contributed by atoms with E-state index in [1.54, 1.807) is 0 Å². The lowest BCUT2D eigenvalue weighted by molar-refractivity contribution is -0.115. The van der Waals surface area contributed by atoms with E-state index in [0.717, 1.165) is 39.2 Å². The van der Waals surface area contributed by atoms with Gasteiger partial charge in [0.2, 0.25) is 11.0 Å². The molecule has 1 N–H and O–H groups in total. The van der Waals surface area contributed by atoms with E-state index >= 15 is 0 Å². The van der Waals surface area contributed by atoms with Gasteiger partial charge < -0.3 is 5.32 Å². The number of amides is 1. The molecule has 3 rings (SSSR count). The smallest absolute Gasteiger partial charge is 0.230 e. The second-order valence-corrected chi connectivity index (χ2v) is 6.46. The zero-order valence-electron chi connectivity index (χ0n) is 13.4. The number of fused-ring (bicyclic) bond motifs is 1. The first kappa shape index (κ1) is 15.6. The zero-order valence-corrected chi connectivity index (χ0v) is 14.2. The number of pyridine rings is 1. The van der Waals surface area contributed by atoms with Gasteiger partial charge in [-0.3, -0.25) is 9.78 Å². The Morgan fingerprint density at radius 2 is 2.00 bits per heavy atom. The summed E-state index contributed by atoms with van der Waals surface area (Å²) >= 11 is 1.41. The number of nitrogens with zero attached hydrogens (tertiary/aromatic N) is 3. The van der Waals surface area contributed by atoms with Gasteiger partial charge in [0.15, 0.2) is 0 Å². The van der Waals surface area contributed by atoms with Crippen molar-refractivity contribution in [1.82, 2.24) is 15.2 Å². The molecule has 3 aromatic rings. The first-order valence-electron chi connectivity index (χ1n) is 7.55. The van der Waals surface area contributed by atoms with Crippen LogP contribution < -0.4 is 5.32 Å². The SMILES string of the molecule is CCc1nnc(NC(=O)Cc2c(C)nc3ccccc3c2C)s1. The molecule has 1 amide bonds. The summed E-state index contributed by atoms with van der Waals surface area (Å²) in [5.74, 6) is -0.0907. The van der Waals surface area contributed by atoms with E-state index in [1.165, 1.54) is 11.3 Å². The van der Waals surface area contributed by atoms with E-state index in [1.807, 2.05) is 45.0 Å². The molecule has 0 aliphatic rings. The molecule has 0 aliphatic carbocycles. The molecule has 23 heavy (non-hydrogen) atoms. The summed E-state index contributed by atoms with van der Waals surface area (Å²) in [7, 11) is 0. The van der Waals surface area contributed by atoms with Crippen LogP contribution in [0.5, 0.6) is 0 Å². The minimum Gasteiger partial charge on any atom is -0.300 e. The highest BCUT2D eigenvalue weighted by atomic mass is 32.1. The molecule has 0 aliphatic heterocycles. The summed E-state index contributed by atoms with van der Waals surface area (Å²) < 4.78 is 0. The molecule has 0 saturated carbocycles. The number of para-hydroxylation sites is 1. The van der Waals surface area contributed by atoms with Gasteiger partial charge in [0.25, 0.3) is 0 Å². The summed E-state index contributed by atoms with van der Waals surface area (Å²) in [6, 6.07) is 7.99. The number of hydrogen-bond donors (Lipinski definition) is 1. The van der Waals surface area contributed by atoms with E-state index in [0.29, 0.717) is 5.13 Å². The van der Waals surface area contributed by atoms with Gasteiger partial charge in [0.1, 0.15) is 5.01 Å². The Morgan fingerprint density at radius 3 is 2.74 bits per heavy atom. The van der Waals surface area contributed by atoms with Gasteiger partial charge in [-0.15, -0.1) is 10.2 Å². The van der Waals surface area contributed by atoms with Crippen molar-refractivity contribution in [3.05, 3.63) is 46.1 Å². The van der Waals surface area contributed by atoms with Gasteiger partial charge in [-0.1, -0.05) is 36.5 Å². The quantitative estimate of drug-likeness (QED) is 0.797. The van der Waals surface area contributed by atoms with E-state index < -0.39 is 0 Å². The number of aryl methyl sites for hydroxylation is 3. The normalized spacial score (nSPS) is 10.9. The molecular weight excluding hydrogens is 308 g/mol. The van der Waals surface area contributed by atoms with Crippen molar-refractivity contribution in [3.8, 4) is 0 Å². The third kappa shape index (κ3) is 3.22. The van der Waals surface area contributed by atoms with Crippen LogP contribution in [0, 0.1) is 13.8 Å². The van der Waals surface area contributed by atoms with Crippen LogP contribution in [0.2, 0.25) is 0 Å². The molecular formula is C17H18N4OS. The summed E-state index contributed by atoms with van der Waals surface area (Å²) in [6.07, 6.45) is 1.11. The third-order valence-electron chi connectivity index (χ3n) is 3.84. The second kappa shape index (κ2) is 6.42. The average molecular weight is 326 g/mol. The Kier molecular flexibility index (Phi) is 4.34. The van der Waals surface area contributed by atoms with Gasteiger partial charge in [0.05, 0.1) is 11.9 Å². The Balaban J connectivity index is 1.84. The van der Waals surface area contributed by atoms with Crippen molar-refractivity contribution < 1.29 is 4.79 Å². The largest absolute Gasteiger partial charge is 0.300 e. The standard InChI is InChI=1S/C17H18N4OS/c1-4-16-20-21-17(23-16)19-15(22)9-13-10(2)12-7-5-6-8-14(12)18-11(13)3/h5-8H,4,9H2,1-3H3,(H,19,21,22). The van der Waals surface area contributed by atoms with Crippen LogP contribution in [-0.4, -0.2) is 21.1 Å². The fraction of sp³-hybridized carbons (Fsp3) is 0.294. The van der Waals surface area contributed by atoms with Crippen LogP contribution in [0.25, 0.3) is 10.9 Å². The Hall–Kier alpha value is -2.34. The van der Waals surface area contributed by atoms with Gasteiger partial charge in [-0.2, -0.15) is 0 Å². The minimum atomic E-state index is -0.0907. The van der Waals surface area contributed by atoms with Gasteiger partial charge in [-0.25, -0.2) is 0 Å². The molecule has 0 saturated heterocycles. The van der Waals surface area contributed by atoms with Crippen molar-refractivity contribution in [3.63, 3.8) is 0 Å². The van der Waals surface area contributed by atoms with Crippen molar-refractivity contribution in [1.29, 1.82) is 0 Å². The molecule has 0 bridgehead atoms. The molecule has 6 heteroatoms. The Labute approximate surface area is 138 Å². The number of rotatable bonds is 4. The van der Waals surface area contributed by atoms with Crippen molar-refractivity contribution >= 4 is 33.3 Å². The monoisotopic (exact) mass is 326 g/mol. The van der Waals surface area contributed by atoms with Crippen LogP contribution in [0.4, 0.5) is 5.13 Å². The molecule has 0 fully saturated rings. The number of hydrogen-bond acceptors (Lipinski definition) is 5. The fourth-order valence-corrected chi connectivity index (χ4v) is 3.30. The molecule has 2 aromatic heterocycles. The number of anilines is 1. The van der Waals surface area contributed by atoms with Gasteiger partial charge >= 0.3 is 0 Å². The first-order valence-corrected chi connectivity index (χ1v) is 8.37. The highest BCUT2D eigenvalue weighted by molar-refractivity contribution is 7.15. The second-order valence-electron chi connectivity index (χ2n) is 5.40. The number of nitrogens with one attached hydrogen (secondary N) is 1. The van der Waals surface area contributed by atoms with Crippen LogP contribution in [0.3, 0.4) is 0 Å². The van der Waals surface area contributed by atoms with Crippen molar-refractivity contribution in [2.24, 2.45) is 0 Å². The lowest BCUT2D eigenvalue weighted by Crippen LogP contribution is -2.16. The van der Waals surface area contributed by atoms with E-state index in [-0.39, 0.29) is 12.3 Å². The van der Waals surface area contributed by atoms with Gasteiger partial charge in [-0.05, 0) is 37.5 Å². The first-order chi connectivity index (χ1) is 11.1. The number of benzene rings is 1. The molecule has 1 aromatic carbocycles. The van der Waals surface area contributed by atoms with Gasteiger partial charge in [0, 0.05) is 11.1 Å². The van der Waals surface area contributed by atoms with E-state index in [9.17, 15) is 4.79 Å². The molecule has 0 atom stereocenters. The van der Waals surface area contributed by atoms with Crippen LogP contribution in [-0.2, 0) is 17.6 Å². The maximum absolute atomic E-state index is 12.3. The molecule has 2 heterocycles. The molecule has 0 spiro atoms. The van der Waals surface area contributed by atoms with Crippen LogP contribution in [0.15, 0.2) is 24.3 Å². The molecule has 0 unspecified atom stereocenters. The summed E-state index contributed by atoms with van der Waals surface area (Å²) in [5, 5.41) is 13.4. The lowest BCUT2D eigenvalue weighted by Gasteiger charge is -2.12. The highest BCUT2D eigenvalue weighted by Gasteiger charge is 2.14. The number of aromatic nitrogens is 3. The molecule has 0 radical (unpaired) electrons. The predicted molar refractivity (Wildman–Crippen MR) is 92.8 cm³/mol. The molecule has 5 nitrogen and oxygen atoms in total. The lowest BCUT2D eigenvalue weighted by atomic mass is 9.99. The summed E-state index contributed by atoms with van der Waals surface area (Å²) in [6.45, 7) is 6.00. The zero-order chi connectivity index (χ0) is 16.4. The van der Waals surface area contributed by atoms with Crippen molar-refractivity contribution in [2.45, 2.75) is 33.6 Å². The predicted octanol–water partition coefficient (Wildman–Crippen LogP) is 3.45.